The van der Waals surface area contributed by atoms with Crippen LogP contribution in [0.3, 0.4) is 0 Å². The molecule has 7 heteroatoms. The van der Waals surface area contributed by atoms with Crippen molar-refractivity contribution in [1.29, 1.82) is 5.26 Å². The molecular weight excluding hydrogens is 316 g/mol. The van der Waals surface area contributed by atoms with E-state index in [4.69, 9.17) is 11.0 Å². The van der Waals surface area contributed by atoms with E-state index in [1.807, 2.05) is 6.07 Å². The number of nitriles is 1. The number of halogens is 1. The summed E-state index contributed by atoms with van der Waals surface area (Å²) < 4.78 is 0.363. The molecule has 1 fully saturated rings. The minimum atomic E-state index is -0.0111. The molecule has 0 aliphatic carbocycles. The van der Waals surface area contributed by atoms with Crippen molar-refractivity contribution in [3.8, 4) is 6.07 Å². The van der Waals surface area contributed by atoms with Gasteiger partial charge in [0.05, 0.1) is 5.69 Å². The minimum absolute atomic E-state index is 0.0111. The van der Waals surface area contributed by atoms with E-state index in [1.54, 1.807) is 11.0 Å². The molecule has 0 aromatic carbocycles. The fourth-order valence-corrected chi connectivity index (χ4v) is 2.71. The standard InChI is InChI=1S/C11H11BrN4OS/c12-11-7(3-13)8(2-9(14)15-11)16-4-6(5-18)1-10(16)17/h2,6,18H,1,4-5H2,(H2,14,15). The molecule has 1 amide bonds. The second kappa shape index (κ2) is 5.16. The lowest BCUT2D eigenvalue weighted by Gasteiger charge is -2.18. The Bertz CT molecular complexity index is 543. The smallest absolute Gasteiger partial charge is 0.227 e. The van der Waals surface area contributed by atoms with Crippen LogP contribution >= 0.6 is 28.6 Å². The van der Waals surface area contributed by atoms with Crippen LogP contribution in [0.1, 0.15) is 12.0 Å². The van der Waals surface area contributed by atoms with Crippen LogP contribution in [-0.2, 0) is 4.79 Å². The van der Waals surface area contributed by atoms with Crippen molar-refractivity contribution in [2.75, 3.05) is 22.9 Å². The van der Waals surface area contributed by atoms with E-state index in [2.05, 4.69) is 33.5 Å². The third-order valence-electron chi connectivity index (χ3n) is 2.84. The van der Waals surface area contributed by atoms with Gasteiger partial charge in [0, 0.05) is 19.0 Å². The first-order chi connectivity index (χ1) is 8.56. The molecule has 0 spiro atoms. The number of carbonyl (C=O) groups excluding carboxylic acids is 1. The van der Waals surface area contributed by atoms with Crippen molar-refractivity contribution in [3.05, 3.63) is 16.2 Å². The molecule has 0 radical (unpaired) electrons. The normalized spacial score (nSPS) is 19.1. The molecule has 1 aromatic heterocycles. The van der Waals surface area contributed by atoms with Crippen LogP contribution in [0.15, 0.2) is 10.7 Å². The molecule has 2 heterocycles. The molecule has 1 aliphatic rings. The zero-order chi connectivity index (χ0) is 13.3. The fraction of sp³-hybridized carbons (Fsp3) is 0.364. The van der Waals surface area contributed by atoms with Gasteiger partial charge >= 0.3 is 0 Å². The number of hydrogen-bond acceptors (Lipinski definition) is 5. The summed E-state index contributed by atoms with van der Waals surface area (Å²) in [6.45, 7) is 0.562. The lowest BCUT2D eigenvalue weighted by atomic mass is 10.1. The molecule has 18 heavy (non-hydrogen) atoms. The van der Waals surface area contributed by atoms with E-state index in [0.29, 0.717) is 34.6 Å². The SMILES string of the molecule is N#Cc1c(N2CC(CS)CC2=O)cc(N)nc1Br. The topological polar surface area (TPSA) is 83.0 Å². The zero-order valence-corrected chi connectivity index (χ0v) is 11.9. The van der Waals surface area contributed by atoms with Gasteiger partial charge < -0.3 is 10.6 Å². The largest absolute Gasteiger partial charge is 0.384 e. The van der Waals surface area contributed by atoms with Gasteiger partial charge in [-0.25, -0.2) is 4.98 Å². The molecule has 0 saturated carbocycles. The number of nitrogen functional groups attached to an aromatic ring is 1. The van der Waals surface area contributed by atoms with Crippen molar-refractivity contribution >= 4 is 46.0 Å². The molecule has 2 N–H and O–H groups in total. The fourth-order valence-electron chi connectivity index (χ4n) is 1.97. The summed E-state index contributed by atoms with van der Waals surface area (Å²) in [6.07, 6.45) is 0.453. The number of amides is 1. The van der Waals surface area contributed by atoms with Crippen molar-refractivity contribution in [2.24, 2.45) is 5.92 Å². The second-order valence-electron chi connectivity index (χ2n) is 4.10. The molecule has 1 aromatic rings. The summed E-state index contributed by atoms with van der Waals surface area (Å²) in [7, 11) is 0. The van der Waals surface area contributed by atoms with E-state index in [9.17, 15) is 4.79 Å². The molecule has 2 rings (SSSR count). The maximum Gasteiger partial charge on any atom is 0.227 e. The highest BCUT2D eigenvalue weighted by atomic mass is 79.9. The molecular formula is C11H11BrN4OS. The predicted molar refractivity (Wildman–Crippen MR) is 75.4 cm³/mol. The highest BCUT2D eigenvalue weighted by molar-refractivity contribution is 9.10. The van der Waals surface area contributed by atoms with Crippen LogP contribution in [0.2, 0.25) is 0 Å². The number of nitrogens with zero attached hydrogens (tertiary/aromatic N) is 3. The Hall–Kier alpha value is -1.26. The lowest BCUT2D eigenvalue weighted by Crippen LogP contribution is -2.26. The monoisotopic (exact) mass is 326 g/mol. The molecule has 1 unspecified atom stereocenters. The van der Waals surface area contributed by atoms with Crippen molar-refractivity contribution < 1.29 is 4.79 Å². The number of thiol groups is 1. The third-order valence-corrected chi connectivity index (χ3v) is 3.93. The van der Waals surface area contributed by atoms with E-state index < -0.39 is 0 Å². The Morgan fingerprint density at radius 1 is 1.72 bits per heavy atom. The first kappa shape index (κ1) is 13.2. The van der Waals surface area contributed by atoms with Gasteiger partial charge in [0.1, 0.15) is 22.1 Å². The number of aromatic nitrogens is 1. The molecule has 0 bridgehead atoms. The Morgan fingerprint density at radius 3 is 3.00 bits per heavy atom. The van der Waals surface area contributed by atoms with Gasteiger partial charge in [0.15, 0.2) is 0 Å². The van der Waals surface area contributed by atoms with Gasteiger partial charge in [0.2, 0.25) is 5.91 Å². The average molecular weight is 327 g/mol. The van der Waals surface area contributed by atoms with Crippen molar-refractivity contribution in [2.45, 2.75) is 6.42 Å². The van der Waals surface area contributed by atoms with Gasteiger partial charge in [-0.3, -0.25) is 4.79 Å². The lowest BCUT2D eigenvalue weighted by molar-refractivity contribution is -0.117. The van der Waals surface area contributed by atoms with Crippen LogP contribution in [0.25, 0.3) is 0 Å². The van der Waals surface area contributed by atoms with E-state index in [1.165, 1.54) is 0 Å². The minimum Gasteiger partial charge on any atom is -0.384 e. The summed E-state index contributed by atoms with van der Waals surface area (Å²) >= 11 is 7.40. The number of nitrogens with two attached hydrogens (primary N) is 1. The first-order valence-corrected chi connectivity index (χ1v) is 6.76. The number of anilines is 2. The number of pyridine rings is 1. The quantitative estimate of drug-likeness (QED) is 0.638. The molecule has 5 nitrogen and oxygen atoms in total. The summed E-state index contributed by atoms with van der Waals surface area (Å²) in [5.41, 5.74) is 6.51. The summed E-state index contributed by atoms with van der Waals surface area (Å²) in [6, 6.07) is 3.60. The van der Waals surface area contributed by atoms with Crippen LogP contribution in [0.5, 0.6) is 0 Å². The maximum atomic E-state index is 11.9. The van der Waals surface area contributed by atoms with Crippen LogP contribution in [0, 0.1) is 17.2 Å². The molecule has 1 aliphatic heterocycles. The predicted octanol–water partition coefficient (Wildman–Crippen LogP) is 1.58. The van der Waals surface area contributed by atoms with Crippen LogP contribution < -0.4 is 10.6 Å². The zero-order valence-electron chi connectivity index (χ0n) is 9.43. The molecule has 1 saturated heterocycles. The van der Waals surface area contributed by atoms with Crippen LogP contribution in [-0.4, -0.2) is 23.2 Å². The van der Waals surface area contributed by atoms with Gasteiger partial charge in [-0.1, -0.05) is 0 Å². The Balaban J connectivity index is 2.46. The van der Waals surface area contributed by atoms with Gasteiger partial charge in [-0.05, 0) is 27.6 Å². The summed E-state index contributed by atoms with van der Waals surface area (Å²) in [5, 5.41) is 9.15. The first-order valence-electron chi connectivity index (χ1n) is 5.34. The second-order valence-corrected chi connectivity index (χ2v) is 5.22. The van der Waals surface area contributed by atoms with E-state index in [0.717, 1.165) is 0 Å². The van der Waals surface area contributed by atoms with Crippen molar-refractivity contribution in [3.63, 3.8) is 0 Å². The van der Waals surface area contributed by atoms with E-state index >= 15 is 0 Å². The number of rotatable bonds is 2. The Kier molecular flexibility index (Phi) is 3.78. The Morgan fingerprint density at radius 2 is 2.44 bits per heavy atom. The van der Waals surface area contributed by atoms with Crippen molar-refractivity contribution in [1.82, 2.24) is 4.98 Å². The third kappa shape index (κ3) is 2.31. The van der Waals surface area contributed by atoms with Gasteiger partial charge in [0.25, 0.3) is 0 Å². The van der Waals surface area contributed by atoms with E-state index in [-0.39, 0.29) is 17.6 Å². The van der Waals surface area contributed by atoms with Gasteiger partial charge in [-0.15, -0.1) is 0 Å². The van der Waals surface area contributed by atoms with Gasteiger partial charge in [-0.2, -0.15) is 17.9 Å². The highest BCUT2D eigenvalue weighted by Gasteiger charge is 2.31. The number of carbonyl (C=O) groups is 1. The Labute approximate surface area is 119 Å². The van der Waals surface area contributed by atoms with Crippen LogP contribution in [0.4, 0.5) is 11.5 Å². The highest BCUT2D eigenvalue weighted by Crippen LogP contribution is 2.32. The number of hydrogen-bond donors (Lipinski definition) is 2. The molecule has 1 atom stereocenters. The maximum absolute atomic E-state index is 11.9. The molecule has 94 valence electrons. The average Bonchev–Trinajstić information content (AvgIpc) is 2.69. The summed E-state index contributed by atoms with van der Waals surface area (Å²) in [5.74, 6) is 1.12. The summed E-state index contributed by atoms with van der Waals surface area (Å²) in [4.78, 5) is 17.5.